The Kier molecular flexibility index (Phi) is 9.46. The lowest BCUT2D eigenvalue weighted by Gasteiger charge is -2.39. The van der Waals surface area contributed by atoms with Gasteiger partial charge in [-0.3, -0.25) is 14.4 Å². The third kappa shape index (κ3) is 7.84. The number of nitrogens with one attached hydrogen (secondary N) is 1. The number of benzene rings is 3. The lowest BCUT2D eigenvalue weighted by Crippen LogP contribution is -2.58. The number of aromatic hydroxyl groups is 1. The molecule has 3 amide bonds. The number of fused-ring (bicyclic) bond motifs is 5. The third-order valence-corrected chi connectivity index (χ3v) is 7.58. The van der Waals surface area contributed by atoms with Gasteiger partial charge in [0.2, 0.25) is 11.8 Å². The van der Waals surface area contributed by atoms with E-state index in [-0.39, 0.29) is 36.1 Å². The highest BCUT2D eigenvalue weighted by molar-refractivity contribution is 5.97. The van der Waals surface area contributed by atoms with Crippen LogP contribution in [-0.4, -0.2) is 78.1 Å². The molecule has 5 rings (SSSR count). The summed E-state index contributed by atoms with van der Waals surface area (Å²) in [6.07, 6.45) is 1.07. The topological polar surface area (TPSA) is 118 Å². The van der Waals surface area contributed by atoms with E-state index in [2.05, 4.69) is 5.32 Å². The molecule has 2 atom stereocenters. The number of nitrogens with zero attached hydrogens (tertiary/aromatic N) is 2. The molecule has 0 saturated carbocycles. The van der Waals surface area contributed by atoms with Gasteiger partial charge in [0, 0.05) is 38.2 Å². The first-order valence-corrected chi connectivity index (χ1v) is 14.5. The van der Waals surface area contributed by atoms with E-state index in [4.69, 9.17) is 14.2 Å². The molecule has 0 radical (unpaired) electrons. The van der Waals surface area contributed by atoms with E-state index in [9.17, 15) is 19.5 Å². The number of piperidine rings is 1. The van der Waals surface area contributed by atoms with Crippen molar-refractivity contribution in [1.82, 2.24) is 15.1 Å². The van der Waals surface area contributed by atoms with Gasteiger partial charge in [0.05, 0.1) is 31.9 Å². The molecule has 3 aromatic rings. The molecule has 1 saturated heterocycles. The number of carbonyl (C=O) groups excluding carboxylic acids is 3. The van der Waals surface area contributed by atoms with Gasteiger partial charge in [-0.25, -0.2) is 0 Å². The number of carbonyl (C=O) groups is 3. The third-order valence-electron chi connectivity index (χ3n) is 7.58. The number of hydrogen-bond acceptors (Lipinski definition) is 7. The Balaban J connectivity index is 1.34. The predicted molar refractivity (Wildman–Crippen MR) is 159 cm³/mol. The van der Waals surface area contributed by atoms with Crippen molar-refractivity contribution >= 4 is 17.7 Å². The molecule has 2 aliphatic rings. The average Bonchev–Trinajstić information content (AvgIpc) is 2.99. The van der Waals surface area contributed by atoms with Crippen LogP contribution in [0.25, 0.3) is 0 Å². The van der Waals surface area contributed by atoms with Crippen molar-refractivity contribution in [3.63, 3.8) is 0 Å². The fraction of sp³-hybridized carbons (Fsp3) is 0.364. The van der Waals surface area contributed by atoms with Crippen molar-refractivity contribution in [2.75, 3.05) is 33.3 Å². The Morgan fingerprint density at radius 2 is 1.88 bits per heavy atom. The standard InChI is InChI=1S/C33H37N3O7/c1-3-41-27-16-24-17-28(18-27)43-26-6-4-5-23(15-26)21-42-30-13-14-36(19-29(30)34-31(38)20-35(2)33(24)40)32(39)12-9-22-7-10-25(37)11-8-22/h4-8,10-11,15-18,29-30,37H,3,9,12-14,19-21H2,1-2H3,(H,34,38)/t29-,30+/m0/s1. The van der Waals surface area contributed by atoms with E-state index in [0.29, 0.717) is 68.4 Å². The molecule has 0 aromatic heterocycles. The average molecular weight is 588 g/mol. The van der Waals surface area contributed by atoms with Crippen molar-refractivity contribution in [2.24, 2.45) is 0 Å². The van der Waals surface area contributed by atoms with Crippen LogP contribution >= 0.6 is 0 Å². The summed E-state index contributed by atoms with van der Waals surface area (Å²) in [5.41, 5.74) is 2.18. The Morgan fingerprint density at radius 1 is 1.07 bits per heavy atom. The fourth-order valence-corrected chi connectivity index (χ4v) is 5.37. The van der Waals surface area contributed by atoms with Crippen LogP contribution < -0.4 is 14.8 Å². The van der Waals surface area contributed by atoms with Crippen LogP contribution in [0, 0.1) is 0 Å². The first-order chi connectivity index (χ1) is 20.8. The molecule has 0 aliphatic carbocycles. The van der Waals surface area contributed by atoms with E-state index in [1.807, 2.05) is 31.2 Å². The van der Waals surface area contributed by atoms with E-state index in [1.54, 1.807) is 54.4 Å². The van der Waals surface area contributed by atoms with Crippen LogP contribution in [0.3, 0.4) is 0 Å². The summed E-state index contributed by atoms with van der Waals surface area (Å²) in [7, 11) is 1.57. The van der Waals surface area contributed by atoms with Crippen molar-refractivity contribution < 1.29 is 33.7 Å². The van der Waals surface area contributed by atoms with E-state index < -0.39 is 6.04 Å². The monoisotopic (exact) mass is 587 g/mol. The maximum absolute atomic E-state index is 13.4. The SMILES string of the molecule is CCOc1cc2cc(c1)C(=O)N(C)CC(=O)N[C@H]1CN(C(=O)CCc3ccc(O)cc3)CC[C@H]1OCc1cccc(c1)O2. The Hall–Kier alpha value is -4.57. The predicted octanol–water partition coefficient (Wildman–Crippen LogP) is 3.90. The van der Waals surface area contributed by atoms with Gasteiger partial charge in [-0.2, -0.15) is 0 Å². The number of amides is 3. The summed E-state index contributed by atoms with van der Waals surface area (Å²) in [4.78, 5) is 42.8. The molecule has 2 aliphatic heterocycles. The Morgan fingerprint density at radius 3 is 2.67 bits per heavy atom. The number of likely N-dealkylation sites (tertiary alicyclic amines) is 1. The lowest BCUT2D eigenvalue weighted by molar-refractivity contribution is -0.137. The van der Waals surface area contributed by atoms with Gasteiger partial charge in [0.15, 0.2) is 0 Å². The maximum Gasteiger partial charge on any atom is 0.254 e. The van der Waals surface area contributed by atoms with Gasteiger partial charge in [-0.05, 0) is 67.3 Å². The quantitative estimate of drug-likeness (QED) is 0.465. The first-order valence-electron chi connectivity index (χ1n) is 14.5. The zero-order valence-corrected chi connectivity index (χ0v) is 24.5. The summed E-state index contributed by atoms with van der Waals surface area (Å²) in [5.74, 6) is 0.983. The summed E-state index contributed by atoms with van der Waals surface area (Å²) >= 11 is 0. The molecule has 4 bridgehead atoms. The lowest BCUT2D eigenvalue weighted by atomic mass is 10.0. The second kappa shape index (κ2) is 13.6. The summed E-state index contributed by atoms with van der Waals surface area (Å²) in [6.45, 7) is 3.20. The van der Waals surface area contributed by atoms with Crippen LogP contribution in [-0.2, 0) is 27.4 Å². The Labute approximate surface area is 251 Å². The molecular formula is C33H37N3O7. The molecule has 0 spiro atoms. The van der Waals surface area contributed by atoms with Gasteiger partial charge in [-0.15, -0.1) is 0 Å². The maximum atomic E-state index is 13.4. The second-order valence-corrected chi connectivity index (χ2v) is 10.9. The normalized spacial score (nSPS) is 19.2. The number of phenolic OH excluding ortho intramolecular Hbond substituents is 1. The van der Waals surface area contributed by atoms with E-state index >= 15 is 0 Å². The zero-order valence-electron chi connectivity index (χ0n) is 24.5. The molecule has 10 nitrogen and oxygen atoms in total. The molecule has 3 aromatic carbocycles. The fourth-order valence-electron chi connectivity index (χ4n) is 5.37. The minimum absolute atomic E-state index is 0.0185. The first kappa shape index (κ1) is 29.9. The van der Waals surface area contributed by atoms with Crippen LogP contribution in [0.15, 0.2) is 66.7 Å². The van der Waals surface area contributed by atoms with Crippen LogP contribution in [0.4, 0.5) is 0 Å². The van der Waals surface area contributed by atoms with Crippen molar-refractivity contribution in [1.29, 1.82) is 0 Å². The van der Waals surface area contributed by atoms with Crippen LogP contribution in [0.2, 0.25) is 0 Å². The molecule has 0 unspecified atom stereocenters. The van der Waals surface area contributed by atoms with Crippen LogP contribution in [0.5, 0.6) is 23.0 Å². The summed E-state index contributed by atoms with van der Waals surface area (Å²) in [6, 6.07) is 18.9. The minimum Gasteiger partial charge on any atom is -0.508 e. The Bertz CT molecular complexity index is 1460. The van der Waals surface area contributed by atoms with Gasteiger partial charge in [0.25, 0.3) is 5.91 Å². The highest BCUT2D eigenvalue weighted by Gasteiger charge is 2.33. The second-order valence-electron chi connectivity index (χ2n) is 10.9. The highest BCUT2D eigenvalue weighted by atomic mass is 16.5. The number of ether oxygens (including phenoxy) is 3. The van der Waals surface area contributed by atoms with E-state index in [1.165, 1.54) is 4.90 Å². The smallest absolute Gasteiger partial charge is 0.254 e. The number of rotatable bonds is 5. The molecular weight excluding hydrogens is 550 g/mol. The zero-order chi connectivity index (χ0) is 30.3. The van der Waals surface area contributed by atoms with Gasteiger partial charge in [0.1, 0.15) is 23.0 Å². The molecule has 2 heterocycles. The summed E-state index contributed by atoms with van der Waals surface area (Å²) in [5, 5.41) is 12.5. The molecule has 226 valence electrons. The number of aryl methyl sites for hydroxylation is 1. The van der Waals surface area contributed by atoms with Crippen molar-refractivity contribution in [2.45, 2.75) is 44.9 Å². The van der Waals surface area contributed by atoms with Crippen molar-refractivity contribution in [3.8, 4) is 23.0 Å². The molecule has 2 N–H and O–H groups in total. The van der Waals surface area contributed by atoms with Gasteiger partial charge < -0.3 is 34.4 Å². The van der Waals surface area contributed by atoms with Gasteiger partial charge >= 0.3 is 0 Å². The number of hydrogen-bond donors (Lipinski definition) is 2. The van der Waals surface area contributed by atoms with Crippen molar-refractivity contribution in [3.05, 3.63) is 83.4 Å². The van der Waals surface area contributed by atoms with E-state index in [0.717, 1.165) is 11.1 Å². The molecule has 10 heteroatoms. The molecule has 1 fully saturated rings. The minimum atomic E-state index is -0.456. The molecule has 43 heavy (non-hydrogen) atoms. The summed E-state index contributed by atoms with van der Waals surface area (Å²) < 4.78 is 18.1. The number of likely N-dealkylation sites (N-methyl/N-ethyl adjacent to an activating group) is 1. The van der Waals surface area contributed by atoms with Gasteiger partial charge in [-0.1, -0.05) is 24.3 Å². The highest BCUT2D eigenvalue weighted by Crippen LogP contribution is 2.29. The number of phenols is 1. The largest absolute Gasteiger partial charge is 0.508 e. The van der Waals surface area contributed by atoms with Crippen LogP contribution in [0.1, 0.15) is 41.3 Å².